The second-order valence-electron chi connectivity index (χ2n) is 24.8. The molecule has 0 radical (unpaired) electrons. The maximum absolute atomic E-state index is 13.1. The molecular weight excluding hydrogens is 1560 g/mol. The van der Waals surface area contributed by atoms with Gasteiger partial charge in [-0.15, -0.1) is 22.7 Å². The van der Waals surface area contributed by atoms with Crippen molar-refractivity contribution in [2.24, 2.45) is 0 Å². The summed E-state index contributed by atoms with van der Waals surface area (Å²) in [5.74, 6) is -0.761. The fourth-order valence-electron chi connectivity index (χ4n) is 11.9. The molecule has 0 unspecified atom stereocenters. The number of rotatable bonds is 19. The van der Waals surface area contributed by atoms with Crippen LogP contribution in [0.4, 0.5) is 59.5 Å². The number of ether oxygens (including phenoxy) is 1. The van der Waals surface area contributed by atoms with Crippen molar-refractivity contribution in [1.29, 1.82) is 0 Å². The van der Waals surface area contributed by atoms with Gasteiger partial charge in [-0.25, -0.2) is 45.2 Å². The molecular formula is C71H68ClF6N15O12S5. The molecule has 5 amide bonds. The Kier molecular flexibility index (Phi) is 23.5. The van der Waals surface area contributed by atoms with E-state index in [1.807, 2.05) is 6.92 Å². The van der Waals surface area contributed by atoms with Crippen molar-refractivity contribution in [3.05, 3.63) is 215 Å². The lowest BCUT2D eigenvalue weighted by Gasteiger charge is -2.36. The van der Waals surface area contributed by atoms with Gasteiger partial charge in [0.2, 0.25) is 23.6 Å². The highest BCUT2D eigenvalue weighted by Crippen LogP contribution is 2.35. The van der Waals surface area contributed by atoms with Gasteiger partial charge in [0, 0.05) is 130 Å². The Morgan fingerprint density at radius 3 is 1.36 bits per heavy atom. The van der Waals surface area contributed by atoms with Crippen LogP contribution in [0, 0.1) is 6.92 Å². The number of carbonyl (C=O) groups is 5. The average Bonchev–Trinajstić information content (AvgIpc) is 1.38. The lowest BCUT2D eigenvalue weighted by molar-refractivity contribution is -0.138. The van der Waals surface area contributed by atoms with Gasteiger partial charge in [0.1, 0.15) is 44.1 Å². The first-order chi connectivity index (χ1) is 52.3. The molecule has 27 nitrogen and oxygen atoms in total. The first-order valence-electron chi connectivity index (χ1n) is 33.2. The van der Waals surface area contributed by atoms with Crippen LogP contribution < -0.4 is 33.6 Å². The number of aryl methyl sites for hydroxylation is 1. The van der Waals surface area contributed by atoms with Gasteiger partial charge in [0.15, 0.2) is 16.9 Å². The minimum Gasteiger partial charge on any atom is -0.483 e. The summed E-state index contributed by atoms with van der Waals surface area (Å²) in [6, 6.07) is 34.9. The van der Waals surface area contributed by atoms with Crippen molar-refractivity contribution in [3.63, 3.8) is 0 Å². The smallest absolute Gasteiger partial charge is 0.416 e. The van der Waals surface area contributed by atoms with Crippen LogP contribution in [0.3, 0.4) is 0 Å². The third-order valence-corrected chi connectivity index (χ3v) is 23.6. The molecule has 3 saturated heterocycles. The van der Waals surface area contributed by atoms with E-state index < -0.39 is 65.4 Å². The molecule has 5 aromatic heterocycles. The molecule has 0 spiro atoms. The van der Waals surface area contributed by atoms with Crippen molar-refractivity contribution in [2.45, 2.75) is 47.1 Å². The van der Waals surface area contributed by atoms with Crippen LogP contribution in [0.25, 0.3) is 21.8 Å². The zero-order chi connectivity index (χ0) is 78.3. The monoisotopic (exact) mass is 1630 g/mol. The van der Waals surface area contributed by atoms with Gasteiger partial charge in [0.25, 0.3) is 36.0 Å². The minimum absolute atomic E-state index is 0. The number of aromatic nitrogens is 6. The van der Waals surface area contributed by atoms with Crippen molar-refractivity contribution < 1.29 is 83.2 Å². The van der Waals surface area contributed by atoms with Crippen LogP contribution in [-0.2, 0) is 79.5 Å². The zero-order valence-electron chi connectivity index (χ0n) is 57.6. The third-order valence-electron chi connectivity index (χ3n) is 17.6. The lowest BCUT2D eigenvalue weighted by atomic mass is 10.1. The summed E-state index contributed by atoms with van der Waals surface area (Å²) in [5.41, 5.74) is 1.66. The van der Waals surface area contributed by atoms with Gasteiger partial charge in [-0.3, -0.25) is 38.1 Å². The molecule has 11 aromatic rings. The number of nitrogens with zero attached hydrogens (tertiary/aromatic N) is 12. The number of alkyl halides is 6. The fraction of sp³-hybridized carbons (Fsp3) is 0.225. The quantitative estimate of drug-likeness (QED) is 0.0633. The molecule has 3 aliphatic rings. The van der Waals surface area contributed by atoms with Crippen LogP contribution in [0.15, 0.2) is 208 Å². The molecule has 8 heterocycles. The first-order valence-corrected chi connectivity index (χ1v) is 39.8. The van der Waals surface area contributed by atoms with Crippen LogP contribution >= 0.6 is 34.3 Å². The topological polar surface area (TPSA) is 314 Å². The molecule has 3 fully saturated rings. The maximum Gasteiger partial charge on any atom is 0.416 e. The van der Waals surface area contributed by atoms with Gasteiger partial charge in [0.05, 0.1) is 25.8 Å². The summed E-state index contributed by atoms with van der Waals surface area (Å²) in [6.07, 6.45) is -0.233. The summed E-state index contributed by atoms with van der Waals surface area (Å²) in [6.45, 7) is 4.16. The number of thiazole rings is 2. The summed E-state index contributed by atoms with van der Waals surface area (Å²) in [4.78, 5) is 89.1. The predicted octanol–water partition coefficient (Wildman–Crippen LogP) is 11.0. The second-order valence-corrected chi connectivity index (χ2v) is 32.1. The Hall–Kier alpha value is -11.2. The molecule has 110 heavy (non-hydrogen) atoms. The Bertz CT molecular complexity index is 5300. The summed E-state index contributed by atoms with van der Waals surface area (Å²) in [7, 11) is -11.4. The number of benzene rings is 6. The molecule has 6 aromatic carbocycles. The van der Waals surface area contributed by atoms with Crippen molar-refractivity contribution >= 4 is 149 Å². The van der Waals surface area contributed by atoms with Crippen molar-refractivity contribution in [3.8, 4) is 5.75 Å². The first kappa shape index (κ1) is 78.4. The van der Waals surface area contributed by atoms with Gasteiger partial charge < -0.3 is 43.3 Å². The van der Waals surface area contributed by atoms with E-state index in [0.29, 0.717) is 59.1 Å². The Morgan fingerprint density at radius 2 is 0.955 bits per heavy atom. The van der Waals surface area contributed by atoms with E-state index >= 15 is 0 Å². The highest BCUT2D eigenvalue weighted by atomic mass is 35.5. The van der Waals surface area contributed by atoms with E-state index in [2.05, 4.69) is 39.0 Å². The highest BCUT2D eigenvalue weighted by Gasteiger charge is 2.35. The molecule has 39 heteroatoms. The maximum atomic E-state index is 13.1. The minimum atomic E-state index is -4.50. The van der Waals surface area contributed by atoms with E-state index in [-0.39, 0.29) is 121 Å². The second kappa shape index (κ2) is 32.9. The van der Waals surface area contributed by atoms with Crippen LogP contribution in [0.1, 0.15) is 19.5 Å². The normalized spacial score (nSPS) is 14.5. The Morgan fingerprint density at radius 1 is 0.509 bits per heavy atom. The molecule has 0 aliphatic carbocycles. The van der Waals surface area contributed by atoms with Crippen molar-refractivity contribution in [2.75, 3.05) is 101 Å². The van der Waals surface area contributed by atoms with E-state index in [4.69, 9.17) is 16.3 Å². The Balaban J connectivity index is 0.000000177. The fourth-order valence-corrected chi connectivity index (χ4v) is 16.7. The largest absolute Gasteiger partial charge is 0.483 e. The number of fused-ring (bicyclic) bond motifs is 2. The number of anilines is 6. The van der Waals surface area contributed by atoms with Gasteiger partial charge in [-0.05, 0) is 157 Å². The van der Waals surface area contributed by atoms with Crippen molar-refractivity contribution in [1.82, 2.24) is 43.8 Å². The summed E-state index contributed by atoms with van der Waals surface area (Å²) < 4.78 is 170. The summed E-state index contributed by atoms with van der Waals surface area (Å²) >= 11 is 8.24. The number of nitrogens with one attached hydrogen (secondary N) is 3. The Labute approximate surface area is 641 Å². The number of amides is 5. The van der Waals surface area contributed by atoms with E-state index in [0.717, 1.165) is 58.2 Å². The molecule has 0 atom stereocenters. The number of sulfonamides is 3. The van der Waals surface area contributed by atoms with E-state index in [1.54, 1.807) is 82.7 Å². The van der Waals surface area contributed by atoms with Gasteiger partial charge >= 0.3 is 12.4 Å². The lowest BCUT2D eigenvalue weighted by Crippen LogP contribution is -2.53. The molecule has 14 rings (SSSR count). The van der Waals surface area contributed by atoms with Gasteiger partial charge in [-0.1, -0.05) is 23.7 Å². The molecule has 0 saturated carbocycles. The van der Waals surface area contributed by atoms with Crippen LogP contribution in [-0.4, -0.2) is 171 Å². The number of piperazine rings is 3. The zero-order valence-corrected chi connectivity index (χ0v) is 62.5. The number of halogens is 7. The highest BCUT2D eigenvalue weighted by molar-refractivity contribution is 7.93. The summed E-state index contributed by atoms with van der Waals surface area (Å²) in [5, 5.41) is 5.51. The average molecular weight is 1630 g/mol. The molecule has 3 N–H and O–H groups in total. The number of hydrogen-bond donors (Lipinski definition) is 3. The van der Waals surface area contributed by atoms with Gasteiger partial charge in [-0.2, -0.15) is 26.3 Å². The van der Waals surface area contributed by atoms with E-state index in [1.165, 1.54) is 120 Å². The van der Waals surface area contributed by atoms with E-state index in [9.17, 15) is 75.6 Å². The third kappa shape index (κ3) is 19.1. The molecule has 578 valence electrons. The standard InChI is InChI=1S/2C24H20F3N5O4S2.C23H24ClN5O4S.2H2/c2*25-24(26,27)17-2-1-16-7-9-30(20(16)13-17)14-21(33)31-10-11-32(22(34)15-31)18-3-5-19(6-4-18)38(35,36)29-23-28-8-12-37-23;1-17-14-18(24)2-7-21(17)33-15-23(30)29-12-10-28(11-13-29)19-3-5-20(6-4-19)34(31,32)27-22-8-9-25-16-26-22;;/h2*1-9,12-13H,10-11,14-15H2,(H,28,29);2-9,14,16H,10-13,15H2,1H3,(H,25,26,27);2*1H. The number of carbonyl (C=O) groups excluding carboxylic acids is 5. The molecule has 0 bridgehead atoms. The SMILES string of the molecule is Cc1cc(Cl)ccc1OCC(=O)N1CCN(c2ccc(S(=O)(=O)Nc3ccncn3)cc2)CC1.O=C(Cn1ccc2ccc(C(F)(F)F)cc21)N1CCN(c2ccc(S(=O)(=O)Nc3nccs3)cc2)C(=O)C1.O=C(Cn1ccc2ccc(C(F)(F)F)cc21)N1CCN(c2ccc(S(=O)(=O)Nc3nccs3)cc2)C(=O)C1.[HH].[HH]. The number of hydrogen-bond acceptors (Lipinski definition) is 19. The van der Waals surface area contributed by atoms with Crippen LogP contribution in [0.2, 0.25) is 5.02 Å². The predicted molar refractivity (Wildman–Crippen MR) is 404 cm³/mol. The van der Waals surface area contributed by atoms with Crippen LogP contribution in [0.5, 0.6) is 5.75 Å². The molecule has 3 aliphatic heterocycles.